The summed E-state index contributed by atoms with van der Waals surface area (Å²) < 4.78 is 5.42. The topological polar surface area (TPSA) is 62.4 Å². The first-order valence-corrected chi connectivity index (χ1v) is 9.66. The second-order valence-corrected chi connectivity index (χ2v) is 7.90. The van der Waals surface area contributed by atoms with Gasteiger partial charge in [0.25, 0.3) is 0 Å². The van der Waals surface area contributed by atoms with E-state index in [0.29, 0.717) is 11.7 Å². The number of hydrogen-bond donors (Lipinski definition) is 1. The molecule has 1 atom stereocenters. The second kappa shape index (κ2) is 8.03. The number of likely N-dealkylation sites (tertiary alicyclic amines) is 1. The summed E-state index contributed by atoms with van der Waals surface area (Å²) in [7, 11) is 0. The molecule has 0 amide bonds. The van der Waals surface area contributed by atoms with Crippen molar-refractivity contribution < 1.29 is 9.63 Å². The summed E-state index contributed by atoms with van der Waals surface area (Å²) in [6, 6.07) is 7.62. The third kappa shape index (κ3) is 4.30. The number of phenols is 1. The van der Waals surface area contributed by atoms with Crippen molar-refractivity contribution in [3.63, 3.8) is 0 Å². The lowest BCUT2D eigenvalue weighted by Gasteiger charge is -2.31. The lowest BCUT2D eigenvalue weighted by atomic mass is 9.89. The molecule has 1 aliphatic rings. The predicted molar refractivity (Wildman–Crippen MR) is 96.2 cm³/mol. The minimum atomic E-state index is 0.285. The van der Waals surface area contributed by atoms with Gasteiger partial charge in [0.15, 0.2) is 5.82 Å². The molecule has 6 heteroatoms. The van der Waals surface area contributed by atoms with Crippen molar-refractivity contribution in [1.29, 1.82) is 0 Å². The number of piperidine rings is 1. The van der Waals surface area contributed by atoms with Crippen LogP contribution in [0.2, 0.25) is 0 Å². The fraction of sp³-hybridized carbons (Fsp3) is 0.556. The number of rotatable bonds is 6. The summed E-state index contributed by atoms with van der Waals surface area (Å²) in [5.74, 6) is 3.47. The summed E-state index contributed by atoms with van der Waals surface area (Å²) in [6.07, 6.45) is 2.24. The van der Waals surface area contributed by atoms with Gasteiger partial charge in [0.05, 0.1) is 11.8 Å². The van der Waals surface area contributed by atoms with Crippen molar-refractivity contribution >= 4 is 11.8 Å². The molecule has 5 nitrogen and oxygen atoms in total. The zero-order valence-electron chi connectivity index (χ0n) is 14.3. The Balaban J connectivity index is 1.51. The van der Waals surface area contributed by atoms with E-state index in [4.69, 9.17) is 4.52 Å². The van der Waals surface area contributed by atoms with Gasteiger partial charge in [0, 0.05) is 0 Å². The third-order valence-corrected chi connectivity index (χ3v) is 5.62. The predicted octanol–water partition coefficient (Wildman–Crippen LogP) is 3.97. The van der Waals surface area contributed by atoms with Gasteiger partial charge in [-0.1, -0.05) is 24.2 Å². The van der Waals surface area contributed by atoms with Gasteiger partial charge in [-0.3, -0.25) is 4.90 Å². The Kier molecular flexibility index (Phi) is 5.79. The van der Waals surface area contributed by atoms with Gasteiger partial charge in [-0.2, -0.15) is 16.7 Å². The highest BCUT2D eigenvalue weighted by atomic mass is 32.2. The lowest BCUT2D eigenvalue weighted by Crippen LogP contribution is -2.32. The highest BCUT2D eigenvalue weighted by Gasteiger charge is 2.22. The normalized spacial score (nSPS) is 17.9. The Hall–Kier alpha value is -1.53. The molecule has 3 rings (SSSR count). The smallest absolute Gasteiger partial charge is 0.240 e. The molecule has 2 heterocycles. The Morgan fingerprint density at radius 3 is 2.67 bits per heavy atom. The van der Waals surface area contributed by atoms with Crippen molar-refractivity contribution in [3.8, 4) is 5.75 Å². The molecule has 2 aromatic rings. The van der Waals surface area contributed by atoms with Crippen LogP contribution in [0.4, 0.5) is 0 Å². The molecule has 1 aromatic carbocycles. The number of benzene rings is 1. The van der Waals surface area contributed by atoms with E-state index in [-0.39, 0.29) is 5.25 Å². The van der Waals surface area contributed by atoms with Crippen LogP contribution in [0.1, 0.15) is 55.1 Å². The van der Waals surface area contributed by atoms with Crippen molar-refractivity contribution in [3.05, 3.63) is 41.5 Å². The summed E-state index contributed by atoms with van der Waals surface area (Å²) in [4.78, 5) is 6.92. The number of aromatic nitrogens is 2. The highest BCUT2D eigenvalue weighted by Crippen LogP contribution is 2.30. The number of nitrogens with zero attached hydrogens (tertiary/aromatic N) is 3. The standard InChI is InChI=1S/C18H25N3O2S/c1-3-24-13(2)18-19-17(23-20-18)12-21-10-8-15(9-11-21)14-4-6-16(22)7-5-14/h4-7,13,15,22H,3,8-12H2,1-2H3/t13-/m1/s1. The van der Waals surface area contributed by atoms with Crippen LogP contribution in [0.15, 0.2) is 28.8 Å². The van der Waals surface area contributed by atoms with Crippen LogP contribution in [0.25, 0.3) is 0 Å². The fourth-order valence-corrected chi connectivity index (χ4v) is 3.93. The average molecular weight is 347 g/mol. The summed E-state index contributed by atoms with van der Waals surface area (Å²) in [6.45, 7) is 7.05. The van der Waals surface area contributed by atoms with Gasteiger partial charge in [0.2, 0.25) is 5.89 Å². The zero-order valence-corrected chi connectivity index (χ0v) is 15.1. The van der Waals surface area contributed by atoms with E-state index in [1.165, 1.54) is 5.56 Å². The molecule has 0 bridgehead atoms. The third-order valence-electron chi connectivity index (χ3n) is 4.58. The summed E-state index contributed by atoms with van der Waals surface area (Å²) >= 11 is 1.83. The van der Waals surface area contributed by atoms with Crippen molar-refractivity contribution in [2.45, 2.75) is 44.4 Å². The van der Waals surface area contributed by atoms with Crippen molar-refractivity contribution in [1.82, 2.24) is 15.0 Å². The molecular formula is C18H25N3O2S. The molecule has 130 valence electrons. The largest absolute Gasteiger partial charge is 0.508 e. The van der Waals surface area contributed by atoms with Crippen LogP contribution >= 0.6 is 11.8 Å². The van der Waals surface area contributed by atoms with Gasteiger partial charge in [-0.05, 0) is 62.2 Å². The highest BCUT2D eigenvalue weighted by molar-refractivity contribution is 7.99. The van der Waals surface area contributed by atoms with Gasteiger partial charge < -0.3 is 9.63 Å². The minimum Gasteiger partial charge on any atom is -0.508 e. The van der Waals surface area contributed by atoms with Crippen LogP contribution in [0.5, 0.6) is 5.75 Å². The molecule has 0 spiro atoms. The molecule has 1 fully saturated rings. The molecule has 1 aliphatic heterocycles. The summed E-state index contributed by atoms with van der Waals surface area (Å²) in [5, 5.41) is 13.8. The summed E-state index contributed by atoms with van der Waals surface area (Å²) in [5.41, 5.74) is 1.32. The Morgan fingerprint density at radius 1 is 1.29 bits per heavy atom. The molecule has 0 aliphatic carbocycles. The first-order valence-electron chi connectivity index (χ1n) is 8.61. The maximum Gasteiger partial charge on any atom is 0.240 e. The lowest BCUT2D eigenvalue weighted by molar-refractivity contribution is 0.181. The Labute approximate surface area is 147 Å². The van der Waals surface area contributed by atoms with Gasteiger partial charge >= 0.3 is 0 Å². The molecule has 24 heavy (non-hydrogen) atoms. The molecule has 0 radical (unpaired) electrons. The fourth-order valence-electron chi connectivity index (χ4n) is 3.18. The van der Waals surface area contributed by atoms with Crippen LogP contribution < -0.4 is 0 Å². The molecule has 1 N–H and O–H groups in total. The first-order chi connectivity index (χ1) is 11.7. The molecule has 1 aromatic heterocycles. The SMILES string of the molecule is CCS[C@H](C)c1noc(CN2CCC(c3ccc(O)cc3)CC2)n1. The van der Waals surface area contributed by atoms with Crippen LogP contribution in [0, 0.1) is 0 Å². The number of aromatic hydroxyl groups is 1. The Bertz CT molecular complexity index is 636. The van der Waals surface area contributed by atoms with E-state index in [9.17, 15) is 5.11 Å². The van der Waals surface area contributed by atoms with Gasteiger partial charge in [-0.25, -0.2) is 0 Å². The van der Waals surface area contributed by atoms with E-state index in [1.54, 1.807) is 12.1 Å². The van der Waals surface area contributed by atoms with E-state index >= 15 is 0 Å². The van der Waals surface area contributed by atoms with Gasteiger partial charge in [-0.15, -0.1) is 0 Å². The first kappa shape index (κ1) is 17.3. The number of phenolic OH excluding ortho intramolecular Hbond substituents is 1. The van der Waals surface area contributed by atoms with Crippen LogP contribution in [-0.4, -0.2) is 39.0 Å². The Morgan fingerprint density at radius 2 is 2.00 bits per heavy atom. The van der Waals surface area contributed by atoms with E-state index in [1.807, 2.05) is 23.9 Å². The number of thioether (sulfide) groups is 1. The zero-order chi connectivity index (χ0) is 16.9. The second-order valence-electron chi connectivity index (χ2n) is 6.29. The molecule has 0 unspecified atom stereocenters. The van der Waals surface area contributed by atoms with E-state index in [0.717, 1.165) is 49.9 Å². The van der Waals surface area contributed by atoms with Crippen LogP contribution in [0.3, 0.4) is 0 Å². The molecule has 1 saturated heterocycles. The maximum absolute atomic E-state index is 9.40. The van der Waals surface area contributed by atoms with E-state index < -0.39 is 0 Å². The number of hydrogen-bond acceptors (Lipinski definition) is 6. The van der Waals surface area contributed by atoms with Crippen molar-refractivity contribution in [2.75, 3.05) is 18.8 Å². The quantitative estimate of drug-likeness (QED) is 0.853. The van der Waals surface area contributed by atoms with Gasteiger partial charge in [0.1, 0.15) is 5.75 Å². The molecule has 0 saturated carbocycles. The minimum absolute atomic E-state index is 0.285. The molecular weight excluding hydrogens is 322 g/mol. The maximum atomic E-state index is 9.40. The van der Waals surface area contributed by atoms with Crippen LogP contribution in [-0.2, 0) is 6.54 Å². The average Bonchev–Trinajstić information content (AvgIpc) is 3.05. The van der Waals surface area contributed by atoms with Crippen molar-refractivity contribution in [2.24, 2.45) is 0 Å². The van der Waals surface area contributed by atoms with E-state index in [2.05, 4.69) is 28.9 Å². The monoisotopic (exact) mass is 347 g/mol.